The largest absolute Gasteiger partial charge is 0.507 e. The second kappa shape index (κ2) is 4.79. The van der Waals surface area contributed by atoms with Crippen LogP contribution in [0.3, 0.4) is 0 Å². The van der Waals surface area contributed by atoms with E-state index < -0.39 is 0 Å². The number of nitrogen functional groups attached to an aromatic ring is 1. The number of carbonyl (C=O) groups excluding carboxylic acids is 1. The molecule has 0 radical (unpaired) electrons. The summed E-state index contributed by atoms with van der Waals surface area (Å²) in [6.45, 7) is 0. The van der Waals surface area contributed by atoms with Crippen LogP contribution in [0.1, 0.15) is 15.9 Å². The van der Waals surface area contributed by atoms with E-state index in [1.807, 2.05) is 0 Å². The molecule has 0 heterocycles. The van der Waals surface area contributed by atoms with Gasteiger partial charge in [-0.25, -0.2) is 0 Å². The lowest BCUT2D eigenvalue weighted by molar-refractivity contribution is 0.103. The number of rotatable bonds is 3. The van der Waals surface area contributed by atoms with Gasteiger partial charge in [0.05, 0.1) is 12.7 Å². The Bertz CT molecular complexity index is 593. The predicted octanol–water partition coefficient (Wildman–Crippen LogP) is 2.21. The van der Waals surface area contributed by atoms with Gasteiger partial charge in [0.2, 0.25) is 0 Å². The SMILES string of the molecule is COc1ccc(N)c(C(=O)c2ccccc2O)c1. The molecule has 2 aromatic carbocycles. The molecule has 0 saturated carbocycles. The van der Waals surface area contributed by atoms with E-state index in [0.717, 1.165) is 0 Å². The van der Waals surface area contributed by atoms with Gasteiger partial charge >= 0.3 is 0 Å². The normalized spacial score (nSPS) is 10.1. The Kier molecular flexibility index (Phi) is 3.19. The predicted molar refractivity (Wildman–Crippen MR) is 68.9 cm³/mol. The highest BCUT2D eigenvalue weighted by Gasteiger charge is 2.16. The molecule has 0 spiro atoms. The number of aromatic hydroxyl groups is 1. The highest BCUT2D eigenvalue weighted by Crippen LogP contribution is 2.25. The summed E-state index contributed by atoms with van der Waals surface area (Å²) in [6.07, 6.45) is 0. The molecule has 2 rings (SSSR count). The number of hydrogen-bond donors (Lipinski definition) is 2. The van der Waals surface area contributed by atoms with Crippen LogP contribution in [0, 0.1) is 0 Å². The number of benzene rings is 2. The van der Waals surface area contributed by atoms with E-state index in [1.165, 1.54) is 13.2 Å². The first-order valence-corrected chi connectivity index (χ1v) is 5.39. The molecule has 0 saturated heterocycles. The minimum atomic E-state index is -0.329. The Morgan fingerprint density at radius 2 is 1.89 bits per heavy atom. The maximum absolute atomic E-state index is 12.3. The monoisotopic (exact) mass is 243 g/mol. The Morgan fingerprint density at radius 3 is 2.56 bits per heavy atom. The molecular formula is C14H13NO3. The number of methoxy groups -OCH3 is 1. The fourth-order valence-electron chi connectivity index (χ4n) is 1.67. The molecule has 92 valence electrons. The molecule has 0 aliphatic carbocycles. The van der Waals surface area contributed by atoms with Gasteiger partial charge in [0, 0.05) is 11.3 Å². The highest BCUT2D eigenvalue weighted by atomic mass is 16.5. The molecule has 0 bridgehead atoms. The molecular weight excluding hydrogens is 230 g/mol. The Labute approximate surface area is 105 Å². The Balaban J connectivity index is 2.49. The Morgan fingerprint density at radius 1 is 1.17 bits per heavy atom. The number of phenolic OH excluding ortho intramolecular Hbond substituents is 1. The van der Waals surface area contributed by atoms with Crippen LogP contribution in [-0.4, -0.2) is 18.0 Å². The zero-order chi connectivity index (χ0) is 13.1. The molecule has 0 amide bonds. The maximum atomic E-state index is 12.3. The van der Waals surface area contributed by atoms with Gasteiger partial charge in [0.25, 0.3) is 0 Å². The van der Waals surface area contributed by atoms with Gasteiger partial charge < -0.3 is 15.6 Å². The minimum Gasteiger partial charge on any atom is -0.507 e. The van der Waals surface area contributed by atoms with Crippen LogP contribution in [-0.2, 0) is 0 Å². The zero-order valence-electron chi connectivity index (χ0n) is 9.88. The van der Waals surface area contributed by atoms with Crippen molar-refractivity contribution >= 4 is 11.5 Å². The molecule has 2 aromatic rings. The summed E-state index contributed by atoms with van der Waals surface area (Å²) >= 11 is 0. The van der Waals surface area contributed by atoms with Crippen LogP contribution in [0.5, 0.6) is 11.5 Å². The van der Waals surface area contributed by atoms with Crippen LogP contribution in [0.25, 0.3) is 0 Å². The maximum Gasteiger partial charge on any atom is 0.198 e. The summed E-state index contributed by atoms with van der Waals surface area (Å²) < 4.78 is 5.06. The second-order valence-corrected chi connectivity index (χ2v) is 3.80. The molecule has 0 aliphatic rings. The Hall–Kier alpha value is -2.49. The number of ketones is 1. The van der Waals surface area contributed by atoms with Crippen LogP contribution in [0.15, 0.2) is 42.5 Å². The van der Waals surface area contributed by atoms with E-state index >= 15 is 0 Å². The van der Waals surface area contributed by atoms with Crippen LogP contribution in [0.2, 0.25) is 0 Å². The first kappa shape index (κ1) is 12.0. The lowest BCUT2D eigenvalue weighted by atomic mass is 10.0. The number of nitrogens with two attached hydrogens (primary N) is 1. The lowest BCUT2D eigenvalue weighted by Gasteiger charge is -2.08. The molecule has 4 heteroatoms. The summed E-state index contributed by atoms with van der Waals surface area (Å²) in [5, 5.41) is 9.67. The number of hydrogen-bond acceptors (Lipinski definition) is 4. The number of ether oxygens (including phenoxy) is 1. The van der Waals surface area contributed by atoms with Crippen molar-refractivity contribution in [1.82, 2.24) is 0 Å². The van der Waals surface area contributed by atoms with Gasteiger partial charge in [0.15, 0.2) is 5.78 Å². The number of carbonyl (C=O) groups is 1. The topological polar surface area (TPSA) is 72.5 Å². The average Bonchev–Trinajstić information content (AvgIpc) is 2.39. The molecule has 3 N–H and O–H groups in total. The summed E-state index contributed by atoms with van der Waals surface area (Å²) in [6, 6.07) is 11.2. The first-order valence-electron chi connectivity index (χ1n) is 5.39. The summed E-state index contributed by atoms with van der Waals surface area (Å²) in [7, 11) is 1.51. The molecule has 0 fully saturated rings. The summed E-state index contributed by atoms with van der Waals surface area (Å²) in [4.78, 5) is 12.3. The van der Waals surface area contributed by atoms with Crippen molar-refractivity contribution in [2.24, 2.45) is 0 Å². The smallest absolute Gasteiger partial charge is 0.198 e. The van der Waals surface area contributed by atoms with Gasteiger partial charge in [-0.15, -0.1) is 0 Å². The second-order valence-electron chi connectivity index (χ2n) is 3.80. The minimum absolute atomic E-state index is 0.0651. The van der Waals surface area contributed by atoms with Crippen molar-refractivity contribution in [1.29, 1.82) is 0 Å². The van der Waals surface area contributed by atoms with E-state index in [-0.39, 0.29) is 17.1 Å². The van der Waals surface area contributed by atoms with Crippen molar-refractivity contribution in [2.45, 2.75) is 0 Å². The van der Waals surface area contributed by atoms with Gasteiger partial charge in [-0.1, -0.05) is 12.1 Å². The molecule has 4 nitrogen and oxygen atoms in total. The van der Waals surface area contributed by atoms with Gasteiger partial charge in [0.1, 0.15) is 11.5 Å². The van der Waals surface area contributed by atoms with Crippen LogP contribution in [0.4, 0.5) is 5.69 Å². The van der Waals surface area contributed by atoms with E-state index in [1.54, 1.807) is 36.4 Å². The van der Waals surface area contributed by atoms with Crippen LogP contribution < -0.4 is 10.5 Å². The molecule has 18 heavy (non-hydrogen) atoms. The van der Waals surface area contributed by atoms with Crippen molar-refractivity contribution in [3.63, 3.8) is 0 Å². The molecule has 0 aromatic heterocycles. The fraction of sp³-hybridized carbons (Fsp3) is 0.0714. The van der Waals surface area contributed by atoms with Gasteiger partial charge in [-0.05, 0) is 30.3 Å². The number of para-hydroxylation sites is 1. The number of phenols is 1. The van der Waals surface area contributed by atoms with E-state index in [4.69, 9.17) is 10.5 Å². The van der Waals surface area contributed by atoms with Crippen molar-refractivity contribution in [3.05, 3.63) is 53.6 Å². The molecule has 0 aliphatic heterocycles. The van der Waals surface area contributed by atoms with E-state index in [0.29, 0.717) is 17.0 Å². The molecule has 0 unspecified atom stereocenters. The van der Waals surface area contributed by atoms with Crippen molar-refractivity contribution < 1.29 is 14.6 Å². The molecule has 0 atom stereocenters. The third-order valence-electron chi connectivity index (χ3n) is 2.65. The van der Waals surface area contributed by atoms with Gasteiger partial charge in [-0.2, -0.15) is 0 Å². The third kappa shape index (κ3) is 2.13. The van der Waals surface area contributed by atoms with E-state index in [9.17, 15) is 9.90 Å². The fourth-order valence-corrected chi connectivity index (χ4v) is 1.67. The van der Waals surface area contributed by atoms with Crippen LogP contribution >= 0.6 is 0 Å². The average molecular weight is 243 g/mol. The number of anilines is 1. The van der Waals surface area contributed by atoms with Crippen molar-refractivity contribution in [2.75, 3.05) is 12.8 Å². The standard InChI is InChI=1S/C14H13NO3/c1-18-9-6-7-12(15)11(8-9)14(17)10-4-2-3-5-13(10)16/h2-8,16H,15H2,1H3. The zero-order valence-corrected chi connectivity index (χ0v) is 9.88. The highest BCUT2D eigenvalue weighted by molar-refractivity contribution is 6.13. The summed E-state index contributed by atoms with van der Waals surface area (Å²) in [5.41, 5.74) is 6.66. The van der Waals surface area contributed by atoms with Gasteiger partial charge in [-0.3, -0.25) is 4.79 Å². The lowest BCUT2D eigenvalue weighted by Crippen LogP contribution is -2.06. The first-order chi connectivity index (χ1) is 8.63. The van der Waals surface area contributed by atoms with Crippen molar-refractivity contribution in [3.8, 4) is 11.5 Å². The van der Waals surface area contributed by atoms with E-state index in [2.05, 4.69) is 0 Å². The quantitative estimate of drug-likeness (QED) is 0.640. The third-order valence-corrected chi connectivity index (χ3v) is 2.65. The summed E-state index contributed by atoms with van der Waals surface area (Å²) in [5.74, 6) is 0.150.